The van der Waals surface area contributed by atoms with Crippen molar-refractivity contribution in [2.75, 3.05) is 5.32 Å². The highest BCUT2D eigenvalue weighted by Gasteiger charge is 2.18. The monoisotopic (exact) mass is 173 g/mol. The van der Waals surface area contributed by atoms with Gasteiger partial charge in [-0.1, -0.05) is 19.1 Å². The van der Waals surface area contributed by atoms with Crippen LogP contribution in [0.25, 0.3) is 0 Å². The molecule has 0 aliphatic carbocycles. The molecule has 0 spiro atoms. The lowest BCUT2D eigenvalue weighted by molar-refractivity contribution is -0.119. The van der Waals surface area contributed by atoms with Crippen LogP contribution in [0, 0.1) is 18.1 Å². The fourth-order valence-electron chi connectivity index (χ4n) is 1.50. The first kappa shape index (κ1) is 8.12. The molecule has 0 saturated carbocycles. The van der Waals surface area contributed by atoms with Gasteiger partial charge in [-0.25, -0.2) is 0 Å². The van der Waals surface area contributed by atoms with Crippen molar-refractivity contribution in [1.29, 1.82) is 0 Å². The number of amides is 1. The van der Waals surface area contributed by atoms with Gasteiger partial charge in [0.05, 0.1) is 5.69 Å². The van der Waals surface area contributed by atoms with E-state index in [1.165, 1.54) is 0 Å². The number of aryl methyl sites for hydroxylation is 1. The lowest BCUT2D eigenvalue weighted by Crippen LogP contribution is -2.18. The van der Waals surface area contributed by atoms with Gasteiger partial charge in [0.25, 0.3) is 0 Å². The quantitative estimate of drug-likeness (QED) is 0.637. The first-order valence-electron chi connectivity index (χ1n) is 4.49. The number of fused-ring (bicyclic) bond motifs is 1. The normalized spacial score (nSPS) is 21.0. The zero-order valence-electron chi connectivity index (χ0n) is 7.55. The summed E-state index contributed by atoms with van der Waals surface area (Å²) in [5.41, 5.74) is 2.06. The smallest absolute Gasteiger partial charge is 0.227 e. The number of hydrogen-bond acceptors (Lipinski definition) is 1. The minimum atomic E-state index is 0.104. The highest BCUT2D eigenvalue weighted by atomic mass is 16.1. The van der Waals surface area contributed by atoms with Crippen LogP contribution < -0.4 is 5.32 Å². The van der Waals surface area contributed by atoms with Gasteiger partial charge in [-0.3, -0.25) is 4.79 Å². The van der Waals surface area contributed by atoms with Crippen molar-refractivity contribution < 1.29 is 4.79 Å². The average Bonchev–Trinajstić information content (AvgIpc) is 2.28. The van der Waals surface area contributed by atoms with E-state index in [-0.39, 0.29) is 11.8 Å². The molecule has 1 N–H and O–H groups in total. The molecular weight excluding hydrogens is 162 g/mol. The fraction of sp³-hybridized carbons (Fsp3) is 0.364. The summed E-state index contributed by atoms with van der Waals surface area (Å²) in [6.07, 6.45) is 1.86. The minimum Gasteiger partial charge on any atom is -0.325 e. The molecule has 2 rings (SSSR count). The van der Waals surface area contributed by atoms with Crippen LogP contribution in [0.2, 0.25) is 0 Å². The Bertz CT molecular complexity index is 333. The van der Waals surface area contributed by atoms with Crippen LogP contribution in [-0.2, 0) is 11.2 Å². The van der Waals surface area contributed by atoms with E-state index >= 15 is 0 Å². The first-order chi connectivity index (χ1) is 6.27. The number of anilines is 1. The molecule has 1 atom stereocenters. The van der Waals surface area contributed by atoms with E-state index in [4.69, 9.17) is 0 Å². The average molecular weight is 173 g/mol. The van der Waals surface area contributed by atoms with Crippen molar-refractivity contribution in [2.45, 2.75) is 19.8 Å². The van der Waals surface area contributed by atoms with Gasteiger partial charge >= 0.3 is 0 Å². The number of carbonyl (C=O) groups excluding carboxylic acids is 1. The van der Waals surface area contributed by atoms with E-state index in [9.17, 15) is 4.79 Å². The van der Waals surface area contributed by atoms with Gasteiger partial charge in [0.15, 0.2) is 0 Å². The molecule has 0 aromatic heterocycles. The molecule has 1 aliphatic rings. The molecule has 1 aromatic rings. The molecule has 1 unspecified atom stereocenters. The van der Waals surface area contributed by atoms with E-state index in [2.05, 4.69) is 17.4 Å². The van der Waals surface area contributed by atoms with Gasteiger partial charge < -0.3 is 5.32 Å². The molecule has 1 aromatic carbocycles. The van der Waals surface area contributed by atoms with Gasteiger partial charge in [0.2, 0.25) is 5.91 Å². The summed E-state index contributed by atoms with van der Waals surface area (Å²) in [6.45, 7) is 1.95. The number of nitrogens with one attached hydrogen (secondary N) is 1. The molecule has 1 heterocycles. The molecule has 66 valence electrons. The van der Waals surface area contributed by atoms with E-state index in [1.54, 1.807) is 6.07 Å². The van der Waals surface area contributed by atoms with E-state index in [0.717, 1.165) is 24.1 Å². The fourth-order valence-corrected chi connectivity index (χ4v) is 1.50. The maximum atomic E-state index is 11.4. The molecule has 0 radical (unpaired) electrons. The molecule has 1 amide bonds. The number of rotatable bonds is 0. The lowest BCUT2D eigenvalue weighted by atomic mass is 10.0. The topological polar surface area (TPSA) is 29.1 Å². The second kappa shape index (κ2) is 3.10. The Kier molecular flexibility index (Phi) is 1.94. The molecular formula is C11H11NO. The van der Waals surface area contributed by atoms with Crippen LogP contribution in [0.1, 0.15) is 18.9 Å². The Morgan fingerprint density at radius 3 is 3.08 bits per heavy atom. The van der Waals surface area contributed by atoms with Crippen molar-refractivity contribution in [3.05, 3.63) is 29.8 Å². The Hall–Kier alpha value is -1.49. The highest BCUT2D eigenvalue weighted by molar-refractivity contribution is 5.93. The Morgan fingerprint density at radius 2 is 2.23 bits per heavy atom. The molecule has 0 fully saturated rings. The Labute approximate surface area is 78.0 Å². The Balaban J connectivity index is 2.35. The lowest BCUT2D eigenvalue weighted by Gasteiger charge is -2.05. The standard InChI is InChI=1S/C11H11NO/c1-8-6-7-9-4-2-3-5-10(9)12-11(8)13/h4-5,8H,6-7H2,1H3,(H,12,13). The maximum Gasteiger partial charge on any atom is 0.227 e. The number of hydrogen-bond donors (Lipinski definition) is 1. The third-order valence-electron chi connectivity index (χ3n) is 2.44. The van der Waals surface area contributed by atoms with Gasteiger partial charge in [-0.2, -0.15) is 0 Å². The summed E-state index contributed by atoms with van der Waals surface area (Å²) in [5.74, 6) is 0.214. The summed E-state index contributed by atoms with van der Waals surface area (Å²) in [5, 5.41) is 2.88. The van der Waals surface area contributed by atoms with Crippen LogP contribution in [-0.4, -0.2) is 5.91 Å². The van der Waals surface area contributed by atoms with Gasteiger partial charge in [0.1, 0.15) is 0 Å². The van der Waals surface area contributed by atoms with Crippen LogP contribution in [0.15, 0.2) is 12.1 Å². The summed E-state index contributed by atoms with van der Waals surface area (Å²) >= 11 is 0. The molecule has 2 heteroatoms. The molecule has 2 nitrogen and oxygen atoms in total. The van der Waals surface area contributed by atoms with Crippen molar-refractivity contribution >= 4 is 11.6 Å². The van der Waals surface area contributed by atoms with Crippen LogP contribution in [0.4, 0.5) is 5.69 Å². The zero-order chi connectivity index (χ0) is 9.26. The van der Waals surface area contributed by atoms with Crippen molar-refractivity contribution in [2.24, 2.45) is 5.92 Å². The number of carbonyl (C=O) groups is 1. The summed E-state index contributed by atoms with van der Waals surface area (Å²) in [6, 6.07) is 9.43. The predicted octanol–water partition coefficient (Wildman–Crippen LogP) is 1.81. The predicted molar refractivity (Wildman–Crippen MR) is 50.2 cm³/mol. The third kappa shape index (κ3) is 1.50. The van der Waals surface area contributed by atoms with Crippen molar-refractivity contribution in [3.8, 4) is 0 Å². The van der Waals surface area contributed by atoms with Crippen LogP contribution in [0.5, 0.6) is 0 Å². The van der Waals surface area contributed by atoms with Crippen molar-refractivity contribution in [1.82, 2.24) is 0 Å². The van der Waals surface area contributed by atoms with E-state index < -0.39 is 0 Å². The summed E-state index contributed by atoms with van der Waals surface area (Å²) < 4.78 is 0. The molecule has 13 heavy (non-hydrogen) atoms. The second-order valence-corrected chi connectivity index (χ2v) is 3.45. The highest BCUT2D eigenvalue weighted by Crippen LogP contribution is 2.22. The van der Waals surface area contributed by atoms with Crippen molar-refractivity contribution in [3.63, 3.8) is 0 Å². The second-order valence-electron chi connectivity index (χ2n) is 3.45. The molecule has 0 saturated heterocycles. The Morgan fingerprint density at radius 1 is 1.46 bits per heavy atom. The SMILES string of the molecule is CC1CCc2cc#ccc2NC1=O. The molecule has 0 bridgehead atoms. The zero-order valence-corrected chi connectivity index (χ0v) is 7.55. The third-order valence-corrected chi connectivity index (χ3v) is 2.44. The largest absolute Gasteiger partial charge is 0.325 e. The van der Waals surface area contributed by atoms with E-state index in [0.29, 0.717) is 0 Å². The minimum absolute atomic E-state index is 0.104. The summed E-state index contributed by atoms with van der Waals surface area (Å²) in [7, 11) is 0. The first-order valence-corrected chi connectivity index (χ1v) is 4.49. The maximum absolute atomic E-state index is 11.4. The summed E-state index contributed by atoms with van der Waals surface area (Å²) in [4.78, 5) is 11.4. The van der Waals surface area contributed by atoms with Gasteiger partial charge in [-0.05, 0) is 24.5 Å². The van der Waals surface area contributed by atoms with Gasteiger partial charge in [-0.15, -0.1) is 0 Å². The molecule has 1 aliphatic heterocycles. The van der Waals surface area contributed by atoms with Crippen LogP contribution >= 0.6 is 0 Å². The van der Waals surface area contributed by atoms with Gasteiger partial charge in [0, 0.05) is 12.0 Å². The van der Waals surface area contributed by atoms with Crippen LogP contribution in [0.3, 0.4) is 0 Å². The van der Waals surface area contributed by atoms with E-state index in [1.807, 2.05) is 13.0 Å².